The molecule has 26 heavy (non-hydrogen) atoms. The van der Waals surface area contributed by atoms with Gasteiger partial charge in [0.15, 0.2) is 0 Å². The Morgan fingerprint density at radius 3 is 2.65 bits per heavy atom. The highest BCUT2D eigenvalue weighted by atomic mass is 79.9. The fourth-order valence-corrected chi connectivity index (χ4v) is 2.98. The van der Waals surface area contributed by atoms with Crippen molar-refractivity contribution in [3.05, 3.63) is 74.9 Å². The van der Waals surface area contributed by atoms with Crippen LogP contribution in [0.5, 0.6) is 5.75 Å². The Labute approximate surface area is 163 Å². The topological polar surface area (TPSA) is 73.1 Å². The van der Waals surface area contributed by atoms with Gasteiger partial charge in [0.2, 0.25) is 0 Å². The van der Waals surface area contributed by atoms with Gasteiger partial charge in [-0.05, 0) is 63.5 Å². The molecular formula is C19H14BrClN2O3. The van der Waals surface area contributed by atoms with Crippen molar-refractivity contribution in [3.63, 3.8) is 0 Å². The van der Waals surface area contributed by atoms with Gasteiger partial charge in [0.05, 0.1) is 4.47 Å². The van der Waals surface area contributed by atoms with Crippen molar-refractivity contribution in [1.29, 1.82) is 0 Å². The van der Waals surface area contributed by atoms with Gasteiger partial charge in [0.25, 0.3) is 5.91 Å². The summed E-state index contributed by atoms with van der Waals surface area (Å²) in [5, 5.41) is 19.7. The Hall–Kier alpha value is -2.41. The van der Waals surface area contributed by atoms with E-state index in [-0.39, 0.29) is 11.4 Å². The third-order valence-electron chi connectivity index (χ3n) is 3.67. The summed E-state index contributed by atoms with van der Waals surface area (Å²) in [6, 6.07) is 12.1. The lowest BCUT2D eigenvalue weighted by atomic mass is 10.2. The van der Waals surface area contributed by atoms with Crippen molar-refractivity contribution in [2.45, 2.75) is 0 Å². The van der Waals surface area contributed by atoms with E-state index in [0.29, 0.717) is 20.9 Å². The number of hydrogen-bond acceptors (Lipinski definition) is 4. The van der Waals surface area contributed by atoms with Gasteiger partial charge in [0, 0.05) is 5.02 Å². The summed E-state index contributed by atoms with van der Waals surface area (Å²) in [6.07, 6.45) is 5.00. The summed E-state index contributed by atoms with van der Waals surface area (Å²) in [4.78, 5) is 17.9. The van der Waals surface area contributed by atoms with Crippen LogP contribution in [0.15, 0.2) is 63.7 Å². The Morgan fingerprint density at radius 2 is 1.96 bits per heavy atom. The van der Waals surface area contributed by atoms with E-state index >= 15 is 0 Å². The molecular weight excluding hydrogens is 420 g/mol. The first-order chi connectivity index (χ1) is 12.5. The minimum absolute atomic E-state index is 0.107. The quantitative estimate of drug-likeness (QED) is 0.714. The maximum Gasteiger partial charge on any atom is 0.280 e. The van der Waals surface area contributed by atoms with Crippen molar-refractivity contribution in [2.75, 3.05) is 6.73 Å². The van der Waals surface area contributed by atoms with Crippen LogP contribution in [0.4, 0.5) is 0 Å². The number of nitrogens with zero attached hydrogens (tertiary/aromatic N) is 2. The van der Waals surface area contributed by atoms with Crippen LogP contribution in [-0.2, 0) is 4.79 Å². The molecule has 0 spiro atoms. The number of aliphatic imine (C=N–C) groups is 1. The van der Waals surface area contributed by atoms with Gasteiger partial charge in [-0.15, -0.1) is 0 Å². The molecule has 0 radical (unpaired) electrons. The number of carbonyl (C=O) groups excluding carboxylic acids is 1. The second kappa shape index (κ2) is 7.86. The number of halogens is 2. The first kappa shape index (κ1) is 18.4. The highest BCUT2D eigenvalue weighted by Crippen LogP contribution is 2.26. The maximum absolute atomic E-state index is 12.4. The summed E-state index contributed by atoms with van der Waals surface area (Å²) in [7, 11) is 0. The standard InChI is InChI=1S/C19H14BrClN2O3/c20-15-9-13(4-6-17(15)25)10-16-19(26)23(11-24)18(22-16)7-5-12-2-1-3-14(21)8-12/h1-10,24-25H,11H2/b7-5+,16-10-. The smallest absolute Gasteiger partial charge is 0.280 e. The molecule has 0 saturated carbocycles. The molecule has 1 aliphatic rings. The molecule has 1 amide bonds. The first-order valence-electron chi connectivity index (χ1n) is 7.63. The average molecular weight is 434 g/mol. The van der Waals surface area contributed by atoms with Gasteiger partial charge >= 0.3 is 0 Å². The average Bonchev–Trinajstić information content (AvgIpc) is 2.91. The monoisotopic (exact) mass is 432 g/mol. The largest absolute Gasteiger partial charge is 0.507 e. The Balaban J connectivity index is 1.91. The van der Waals surface area contributed by atoms with E-state index < -0.39 is 12.6 Å². The number of aromatic hydroxyl groups is 1. The lowest BCUT2D eigenvalue weighted by Crippen LogP contribution is -2.31. The predicted molar refractivity (Wildman–Crippen MR) is 106 cm³/mol. The highest BCUT2D eigenvalue weighted by molar-refractivity contribution is 9.10. The molecule has 0 aromatic heterocycles. The second-order valence-electron chi connectivity index (χ2n) is 5.47. The number of amides is 1. The molecule has 2 aromatic carbocycles. The van der Waals surface area contributed by atoms with Gasteiger partial charge < -0.3 is 10.2 Å². The number of aliphatic hydroxyl groups is 1. The molecule has 0 saturated heterocycles. The van der Waals surface area contributed by atoms with Crippen molar-refractivity contribution in [1.82, 2.24) is 4.90 Å². The van der Waals surface area contributed by atoms with Crippen LogP contribution in [0.25, 0.3) is 12.2 Å². The number of phenolic OH excluding ortho intramolecular Hbond substituents is 1. The second-order valence-corrected chi connectivity index (χ2v) is 6.76. The molecule has 0 atom stereocenters. The minimum Gasteiger partial charge on any atom is -0.507 e. The molecule has 2 aromatic rings. The van der Waals surface area contributed by atoms with Crippen molar-refractivity contribution in [3.8, 4) is 5.75 Å². The van der Waals surface area contributed by atoms with Crippen molar-refractivity contribution >= 4 is 51.4 Å². The van der Waals surface area contributed by atoms with Crippen LogP contribution in [0.2, 0.25) is 5.02 Å². The number of carbonyl (C=O) groups is 1. The molecule has 0 aliphatic carbocycles. The van der Waals surface area contributed by atoms with Crippen LogP contribution < -0.4 is 0 Å². The summed E-state index contributed by atoms with van der Waals surface area (Å²) >= 11 is 9.19. The van der Waals surface area contributed by atoms with E-state index in [4.69, 9.17) is 11.6 Å². The molecule has 0 unspecified atom stereocenters. The molecule has 3 rings (SSSR count). The third kappa shape index (κ3) is 4.04. The number of rotatable bonds is 4. The molecule has 2 N–H and O–H groups in total. The Bertz CT molecular complexity index is 954. The van der Waals surface area contributed by atoms with Crippen LogP contribution in [-0.4, -0.2) is 33.6 Å². The maximum atomic E-state index is 12.4. The number of hydrogen-bond donors (Lipinski definition) is 2. The zero-order chi connectivity index (χ0) is 18.7. The molecule has 1 heterocycles. The van der Waals surface area contributed by atoms with Crippen LogP contribution in [0.3, 0.4) is 0 Å². The summed E-state index contributed by atoms with van der Waals surface area (Å²) in [5.74, 6) is 0.0412. The van der Waals surface area contributed by atoms with E-state index in [9.17, 15) is 15.0 Å². The molecule has 1 aliphatic heterocycles. The number of benzene rings is 2. The summed E-state index contributed by atoms with van der Waals surface area (Å²) < 4.78 is 0.515. The van der Waals surface area contributed by atoms with Crippen LogP contribution >= 0.6 is 27.5 Å². The number of amidine groups is 1. The van der Waals surface area contributed by atoms with Gasteiger partial charge in [-0.25, -0.2) is 4.99 Å². The van der Waals surface area contributed by atoms with Crippen molar-refractivity contribution in [2.24, 2.45) is 4.99 Å². The number of phenols is 1. The molecule has 0 fully saturated rings. The molecule has 0 bridgehead atoms. The van der Waals surface area contributed by atoms with E-state index in [2.05, 4.69) is 20.9 Å². The Morgan fingerprint density at radius 1 is 1.15 bits per heavy atom. The van der Waals surface area contributed by atoms with Gasteiger partial charge in [-0.1, -0.05) is 35.9 Å². The van der Waals surface area contributed by atoms with E-state index in [1.807, 2.05) is 12.1 Å². The fraction of sp³-hybridized carbons (Fsp3) is 0.0526. The molecule has 5 nitrogen and oxygen atoms in total. The SMILES string of the molecule is O=C1/C(=C/c2ccc(O)c(Br)c2)N=C(/C=C/c2cccc(Cl)c2)N1CO. The van der Waals surface area contributed by atoms with Crippen molar-refractivity contribution < 1.29 is 15.0 Å². The van der Waals surface area contributed by atoms with Gasteiger partial charge in [-0.3, -0.25) is 9.69 Å². The lowest BCUT2D eigenvalue weighted by Gasteiger charge is -2.11. The predicted octanol–water partition coefficient (Wildman–Crippen LogP) is 4.05. The first-order valence-corrected chi connectivity index (χ1v) is 8.80. The molecule has 132 valence electrons. The summed E-state index contributed by atoms with van der Waals surface area (Å²) in [5.41, 5.74) is 1.74. The highest BCUT2D eigenvalue weighted by Gasteiger charge is 2.28. The van der Waals surface area contributed by atoms with E-state index in [0.717, 1.165) is 5.56 Å². The zero-order valence-electron chi connectivity index (χ0n) is 13.4. The third-order valence-corrected chi connectivity index (χ3v) is 4.54. The van der Waals surface area contributed by atoms with Gasteiger partial charge in [-0.2, -0.15) is 0 Å². The van der Waals surface area contributed by atoms with E-state index in [1.54, 1.807) is 42.5 Å². The normalized spacial score (nSPS) is 16.0. The lowest BCUT2D eigenvalue weighted by molar-refractivity contribution is -0.124. The van der Waals surface area contributed by atoms with E-state index in [1.165, 1.54) is 11.0 Å². The Kier molecular flexibility index (Phi) is 5.56. The summed E-state index contributed by atoms with van der Waals surface area (Å²) in [6.45, 7) is -0.478. The van der Waals surface area contributed by atoms with Crippen LogP contribution in [0.1, 0.15) is 11.1 Å². The fourth-order valence-electron chi connectivity index (χ4n) is 2.38. The van der Waals surface area contributed by atoms with Crippen LogP contribution in [0, 0.1) is 0 Å². The van der Waals surface area contributed by atoms with Gasteiger partial charge in [0.1, 0.15) is 24.0 Å². The zero-order valence-corrected chi connectivity index (χ0v) is 15.8. The molecule has 7 heteroatoms. The number of aliphatic hydroxyl groups excluding tert-OH is 1. The minimum atomic E-state index is -0.478.